The van der Waals surface area contributed by atoms with Crippen LogP contribution in [0.4, 0.5) is 5.00 Å². The maximum atomic E-state index is 12.5. The van der Waals surface area contributed by atoms with E-state index in [1.807, 2.05) is 30.3 Å². The molecule has 0 saturated carbocycles. The number of hydrogen-bond donors (Lipinski definition) is 2. The van der Waals surface area contributed by atoms with Gasteiger partial charge < -0.3 is 11.1 Å². The summed E-state index contributed by atoms with van der Waals surface area (Å²) in [4.78, 5) is 25.3. The Morgan fingerprint density at radius 3 is 2.28 bits per heavy atom. The van der Waals surface area contributed by atoms with E-state index in [1.165, 1.54) is 23.5 Å². The van der Waals surface area contributed by atoms with Crippen LogP contribution in [0.3, 0.4) is 0 Å². The molecule has 1 aromatic heterocycles. The van der Waals surface area contributed by atoms with Gasteiger partial charge in [0.15, 0.2) is 9.84 Å². The van der Waals surface area contributed by atoms with E-state index in [-0.39, 0.29) is 28.5 Å². The number of carbonyl (C=O) groups excluding carboxylic acids is 2. The lowest BCUT2D eigenvalue weighted by Gasteiger charge is -2.06. The molecule has 3 aromatic rings. The maximum absolute atomic E-state index is 12.5. The van der Waals surface area contributed by atoms with Crippen LogP contribution in [0.25, 0.3) is 10.4 Å². The number of carbonyl (C=O) groups is 2. The zero-order chi connectivity index (χ0) is 21.0. The lowest BCUT2D eigenvalue weighted by atomic mass is 10.1. The normalized spacial score (nSPS) is 11.2. The zero-order valence-corrected chi connectivity index (χ0v) is 17.3. The van der Waals surface area contributed by atoms with Crippen molar-refractivity contribution >= 4 is 38.0 Å². The van der Waals surface area contributed by atoms with Crippen LogP contribution >= 0.6 is 11.3 Å². The number of rotatable bonds is 7. The minimum Gasteiger partial charge on any atom is -0.366 e. The van der Waals surface area contributed by atoms with Crippen molar-refractivity contribution in [2.24, 2.45) is 5.73 Å². The molecule has 0 saturated heterocycles. The second-order valence-electron chi connectivity index (χ2n) is 6.36. The van der Waals surface area contributed by atoms with Crippen LogP contribution in [-0.4, -0.2) is 26.0 Å². The van der Waals surface area contributed by atoms with Gasteiger partial charge in [-0.05, 0) is 29.3 Å². The Kier molecular flexibility index (Phi) is 6.14. The van der Waals surface area contributed by atoms with E-state index in [0.717, 1.165) is 10.4 Å². The number of primary amides is 1. The molecule has 1 heterocycles. The Morgan fingerprint density at radius 2 is 1.69 bits per heavy atom. The number of thiophene rings is 1. The summed E-state index contributed by atoms with van der Waals surface area (Å²) in [5.74, 6) is -0.918. The van der Waals surface area contributed by atoms with Crippen LogP contribution in [0.2, 0.25) is 0 Å². The Labute approximate surface area is 173 Å². The van der Waals surface area contributed by atoms with Gasteiger partial charge >= 0.3 is 0 Å². The Morgan fingerprint density at radius 1 is 1.03 bits per heavy atom. The summed E-state index contributed by atoms with van der Waals surface area (Å²) in [6.45, 7) is 1.58. The lowest BCUT2D eigenvalue weighted by Crippen LogP contribution is -2.18. The third kappa shape index (κ3) is 4.90. The van der Waals surface area contributed by atoms with Gasteiger partial charge in [-0.2, -0.15) is 0 Å². The van der Waals surface area contributed by atoms with Gasteiger partial charge in [0.1, 0.15) is 5.00 Å². The highest BCUT2D eigenvalue weighted by molar-refractivity contribution is 7.91. The van der Waals surface area contributed by atoms with Crippen molar-refractivity contribution in [2.75, 3.05) is 11.1 Å². The fourth-order valence-electron chi connectivity index (χ4n) is 2.75. The van der Waals surface area contributed by atoms with Gasteiger partial charge in [-0.1, -0.05) is 49.4 Å². The minimum absolute atomic E-state index is 0.0187. The van der Waals surface area contributed by atoms with Crippen molar-refractivity contribution in [3.8, 4) is 10.4 Å². The second-order valence-corrected chi connectivity index (χ2v) is 9.69. The molecule has 8 heteroatoms. The second kappa shape index (κ2) is 8.59. The first-order valence-electron chi connectivity index (χ1n) is 8.90. The molecule has 6 nitrogen and oxygen atoms in total. The number of benzene rings is 2. The molecular formula is C21H20N2O4S2. The van der Waals surface area contributed by atoms with E-state index >= 15 is 0 Å². The summed E-state index contributed by atoms with van der Waals surface area (Å²) >= 11 is 1.28. The zero-order valence-electron chi connectivity index (χ0n) is 15.7. The summed E-state index contributed by atoms with van der Waals surface area (Å²) < 4.78 is 23.7. The minimum atomic E-state index is -3.28. The number of nitrogens with one attached hydrogen (secondary N) is 1. The molecule has 3 N–H and O–H groups in total. The van der Waals surface area contributed by atoms with Crippen molar-refractivity contribution in [3.63, 3.8) is 0 Å². The third-order valence-corrected chi connectivity index (χ3v) is 7.19. The first kappa shape index (κ1) is 20.8. The van der Waals surface area contributed by atoms with Crippen LogP contribution in [0.1, 0.15) is 22.8 Å². The molecule has 0 aliphatic carbocycles. The highest BCUT2D eigenvalue weighted by atomic mass is 32.2. The highest BCUT2D eigenvalue weighted by Gasteiger charge is 2.17. The summed E-state index contributed by atoms with van der Waals surface area (Å²) in [6, 6.07) is 17.4. The van der Waals surface area contributed by atoms with E-state index in [0.29, 0.717) is 10.6 Å². The smallest absolute Gasteiger partial charge is 0.251 e. The van der Waals surface area contributed by atoms with E-state index in [9.17, 15) is 18.0 Å². The molecule has 3 rings (SSSR count). The average molecular weight is 429 g/mol. The standard InChI is InChI=1S/C21H20N2O4S2/c1-2-29(26,27)16-10-8-14(9-11-16)12-19(24)23-21-17(20(22)25)13-18(28-21)15-6-4-3-5-7-15/h3-11,13H,2,12H2,1H3,(H2,22,25)(H,23,24). The van der Waals surface area contributed by atoms with E-state index in [1.54, 1.807) is 25.1 Å². The maximum Gasteiger partial charge on any atom is 0.251 e. The first-order chi connectivity index (χ1) is 13.8. The number of amides is 2. The molecule has 0 fully saturated rings. The molecular weight excluding hydrogens is 408 g/mol. The number of anilines is 1. The van der Waals surface area contributed by atoms with Gasteiger partial charge in [0.2, 0.25) is 5.91 Å². The van der Waals surface area contributed by atoms with Crippen molar-refractivity contribution < 1.29 is 18.0 Å². The fourth-order valence-corrected chi connectivity index (χ4v) is 4.72. The molecule has 0 radical (unpaired) electrons. The Hall–Kier alpha value is -2.97. The van der Waals surface area contributed by atoms with Crippen molar-refractivity contribution in [2.45, 2.75) is 18.2 Å². The third-order valence-electron chi connectivity index (χ3n) is 4.34. The SMILES string of the molecule is CCS(=O)(=O)c1ccc(CC(=O)Nc2sc(-c3ccccc3)cc2C(N)=O)cc1. The number of sulfone groups is 1. The predicted octanol–water partition coefficient (Wildman–Crippen LogP) is 3.49. The molecule has 0 aliphatic heterocycles. The van der Waals surface area contributed by atoms with Gasteiger partial charge in [-0.15, -0.1) is 11.3 Å². The van der Waals surface area contributed by atoms with Crippen LogP contribution in [-0.2, 0) is 21.1 Å². The Balaban J connectivity index is 1.77. The van der Waals surface area contributed by atoms with Gasteiger partial charge in [-0.25, -0.2) is 8.42 Å². The van der Waals surface area contributed by atoms with Gasteiger partial charge in [0.25, 0.3) is 5.91 Å². The average Bonchev–Trinajstić information content (AvgIpc) is 3.13. The molecule has 150 valence electrons. The highest BCUT2D eigenvalue weighted by Crippen LogP contribution is 2.35. The number of hydrogen-bond acceptors (Lipinski definition) is 5. The number of nitrogens with two attached hydrogens (primary N) is 1. The molecule has 0 bridgehead atoms. The topological polar surface area (TPSA) is 106 Å². The lowest BCUT2D eigenvalue weighted by molar-refractivity contribution is -0.115. The van der Waals surface area contributed by atoms with Gasteiger partial charge in [0.05, 0.1) is 22.6 Å². The molecule has 0 atom stereocenters. The van der Waals surface area contributed by atoms with Gasteiger partial charge in [-0.3, -0.25) is 9.59 Å². The van der Waals surface area contributed by atoms with Crippen LogP contribution in [0.15, 0.2) is 65.6 Å². The predicted molar refractivity (Wildman–Crippen MR) is 115 cm³/mol. The molecule has 2 aromatic carbocycles. The summed E-state index contributed by atoms with van der Waals surface area (Å²) in [5, 5.41) is 3.14. The van der Waals surface area contributed by atoms with Gasteiger partial charge in [0, 0.05) is 4.88 Å². The molecule has 2 amide bonds. The van der Waals surface area contributed by atoms with Crippen LogP contribution < -0.4 is 11.1 Å². The first-order valence-corrected chi connectivity index (χ1v) is 11.4. The monoisotopic (exact) mass is 428 g/mol. The fraction of sp³-hybridized carbons (Fsp3) is 0.143. The molecule has 29 heavy (non-hydrogen) atoms. The van der Waals surface area contributed by atoms with E-state index < -0.39 is 15.7 Å². The van der Waals surface area contributed by atoms with E-state index in [2.05, 4.69) is 5.32 Å². The molecule has 0 aliphatic rings. The van der Waals surface area contributed by atoms with E-state index in [4.69, 9.17) is 5.73 Å². The van der Waals surface area contributed by atoms with Crippen molar-refractivity contribution in [1.82, 2.24) is 0 Å². The van der Waals surface area contributed by atoms with Crippen LogP contribution in [0, 0.1) is 0 Å². The van der Waals surface area contributed by atoms with Crippen molar-refractivity contribution in [1.29, 1.82) is 0 Å². The Bertz CT molecular complexity index is 1140. The molecule has 0 spiro atoms. The summed E-state index contributed by atoms with van der Waals surface area (Å²) in [7, 11) is -3.28. The quantitative estimate of drug-likeness (QED) is 0.601. The van der Waals surface area contributed by atoms with Crippen LogP contribution in [0.5, 0.6) is 0 Å². The largest absolute Gasteiger partial charge is 0.366 e. The van der Waals surface area contributed by atoms with Crippen molar-refractivity contribution in [3.05, 3.63) is 71.8 Å². The summed E-state index contributed by atoms with van der Waals surface area (Å²) in [5.41, 5.74) is 7.31. The summed E-state index contributed by atoms with van der Waals surface area (Å²) in [6.07, 6.45) is 0.0449. The molecule has 0 unspecified atom stereocenters.